The van der Waals surface area contributed by atoms with Crippen LogP contribution in [0.15, 0.2) is 46.3 Å². The second-order valence-electron chi connectivity index (χ2n) is 4.60. The highest BCUT2D eigenvalue weighted by atomic mass is 79.9. The van der Waals surface area contributed by atoms with Gasteiger partial charge in [-0.05, 0) is 46.6 Å². The quantitative estimate of drug-likeness (QED) is 0.748. The molecule has 1 heterocycles. The topological polar surface area (TPSA) is 12.0 Å². The van der Waals surface area contributed by atoms with Gasteiger partial charge in [0.2, 0.25) is 0 Å². The summed E-state index contributed by atoms with van der Waals surface area (Å²) in [7, 11) is 0. The van der Waals surface area contributed by atoms with Crippen LogP contribution in [0.3, 0.4) is 0 Å². The number of likely N-dealkylation sites (N-methyl/N-ethyl adjacent to an activating group) is 1. The molecule has 102 valence electrons. The molecule has 0 saturated carbocycles. The third-order valence-electron chi connectivity index (χ3n) is 3.39. The van der Waals surface area contributed by atoms with E-state index in [1.54, 1.807) is 0 Å². The average molecular weight is 338 g/mol. The van der Waals surface area contributed by atoms with E-state index in [1.807, 2.05) is 11.3 Å². The summed E-state index contributed by atoms with van der Waals surface area (Å²) in [5.74, 6) is 0.520. The fraction of sp³-hybridized carbons (Fsp3) is 0.375. The maximum atomic E-state index is 3.65. The lowest BCUT2D eigenvalue weighted by Gasteiger charge is -2.26. The largest absolute Gasteiger partial charge is 0.309 e. The molecule has 0 aliphatic rings. The monoisotopic (exact) mass is 337 g/mol. The number of halogens is 1. The highest BCUT2D eigenvalue weighted by Crippen LogP contribution is 2.37. The van der Waals surface area contributed by atoms with Gasteiger partial charge in [-0.1, -0.05) is 44.2 Å². The summed E-state index contributed by atoms with van der Waals surface area (Å²) in [4.78, 5) is 1.41. The molecule has 2 rings (SSSR count). The highest BCUT2D eigenvalue weighted by Gasteiger charge is 2.23. The van der Waals surface area contributed by atoms with Gasteiger partial charge in [-0.3, -0.25) is 0 Å². The molecule has 0 spiro atoms. The fourth-order valence-corrected chi connectivity index (χ4v) is 4.09. The van der Waals surface area contributed by atoms with Gasteiger partial charge in [0.15, 0.2) is 0 Å². The standard InChI is InChI=1S/C16H20BrNS/c1-3-13(12-8-6-5-7-9-12)16(18-4-2)14-10-11-15(17)19-14/h5-11,13,16,18H,3-4H2,1-2H3. The fourth-order valence-electron chi connectivity index (χ4n) is 2.52. The molecular formula is C16H20BrNS. The summed E-state index contributed by atoms with van der Waals surface area (Å²) in [6.45, 7) is 5.43. The van der Waals surface area contributed by atoms with E-state index in [4.69, 9.17) is 0 Å². The Balaban J connectivity index is 2.31. The zero-order valence-corrected chi connectivity index (χ0v) is 13.8. The van der Waals surface area contributed by atoms with E-state index in [0.717, 1.165) is 13.0 Å². The van der Waals surface area contributed by atoms with Gasteiger partial charge in [-0.25, -0.2) is 0 Å². The first-order valence-corrected chi connectivity index (χ1v) is 8.40. The Labute approximate surface area is 128 Å². The molecule has 1 nitrogen and oxygen atoms in total. The van der Waals surface area contributed by atoms with Gasteiger partial charge in [-0.2, -0.15) is 0 Å². The SMILES string of the molecule is CCNC(c1ccc(Br)s1)C(CC)c1ccccc1. The summed E-state index contributed by atoms with van der Waals surface area (Å²) < 4.78 is 1.20. The van der Waals surface area contributed by atoms with Crippen molar-refractivity contribution in [3.05, 3.63) is 56.7 Å². The Morgan fingerprint density at radius 1 is 1.11 bits per heavy atom. The molecule has 0 aliphatic carbocycles. The first kappa shape index (κ1) is 14.8. The average Bonchev–Trinajstić information content (AvgIpc) is 2.86. The lowest BCUT2D eigenvalue weighted by atomic mass is 9.88. The number of hydrogen-bond donors (Lipinski definition) is 1. The third kappa shape index (κ3) is 3.68. The van der Waals surface area contributed by atoms with Crippen LogP contribution in [-0.4, -0.2) is 6.54 Å². The molecule has 3 heteroatoms. The molecule has 0 radical (unpaired) electrons. The zero-order chi connectivity index (χ0) is 13.7. The zero-order valence-electron chi connectivity index (χ0n) is 11.4. The molecule has 0 bridgehead atoms. The maximum Gasteiger partial charge on any atom is 0.0701 e. The van der Waals surface area contributed by atoms with Gasteiger partial charge >= 0.3 is 0 Å². The van der Waals surface area contributed by atoms with Crippen molar-refractivity contribution in [2.75, 3.05) is 6.54 Å². The molecule has 19 heavy (non-hydrogen) atoms. The molecule has 0 aliphatic heterocycles. The van der Waals surface area contributed by atoms with Crippen LogP contribution < -0.4 is 5.32 Å². The summed E-state index contributed by atoms with van der Waals surface area (Å²) in [6, 6.07) is 15.6. The van der Waals surface area contributed by atoms with Crippen molar-refractivity contribution in [2.24, 2.45) is 0 Å². The van der Waals surface area contributed by atoms with Gasteiger partial charge in [0.05, 0.1) is 3.79 Å². The second-order valence-corrected chi connectivity index (χ2v) is 7.10. The van der Waals surface area contributed by atoms with Crippen LogP contribution in [0, 0.1) is 0 Å². The van der Waals surface area contributed by atoms with Crippen LogP contribution in [0.25, 0.3) is 0 Å². The number of benzene rings is 1. The van der Waals surface area contributed by atoms with Gasteiger partial charge in [0.1, 0.15) is 0 Å². The Bertz CT molecular complexity index is 494. The summed E-state index contributed by atoms with van der Waals surface area (Å²) in [6.07, 6.45) is 1.14. The van der Waals surface area contributed by atoms with Crippen LogP contribution in [0.4, 0.5) is 0 Å². The van der Waals surface area contributed by atoms with Crippen molar-refractivity contribution < 1.29 is 0 Å². The van der Waals surface area contributed by atoms with Gasteiger partial charge in [0, 0.05) is 16.8 Å². The summed E-state index contributed by atoms with van der Waals surface area (Å²) >= 11 is 5.40. The molecule has 2 atom stereocenters. The van der Waals surface area contributed by atoms with Crippen molar-refractivity contribution in [1.82, 2.24) is 5.32 Å². The molecule has 2 aromatic rings. The third-order valence-corrected chi connectivity index (χ3v) is 5.10. The lowest BCUT2D eigenvalue weighted by Crippen LogP contribution is -2.26. The Morgan fingerprint density at radius 2 is 1.84 bits per heavy atom. The molecule has 0 amide bonds. The van der Waals surface area contributed by atoms with Crippen molar-refractivity contribution in [1.29, 1.82) is 0 Å². The van der Waals surface area contributed by atoms with Crippen LogP contribution >= 0.6 is 27.3 Å². The normalized spacial score (nSPS) is 14.3. The first-order valence-electron chi connectivity index (χ1n) is 6.79. The molecule has 0 fully saturated rings. The van der Waals surface area contributed by atoms with E-state index in [9.17, 15) is 0 Å². The molecular weight excluding hydrogens is 318 g/mol. The minimum Gasteiger partial charge on any atom is -0.309 e. The molecule has 0 saturated heterocycles. The van der Waals surface area contributed by atoms with E-state index in [-0.39, 0.29) is 0 Å². The van der Waals surface area contributed by atoms with Crippen LogP contribution in [0.5, 0.6) is 0 Å². The van der Waals surface area contributed by atoms with Gasteiger partial charge in [0.25, 0.3) is 0 Å². The van der Waals surface area contributed by atoms with Gasteiger partial charge in [-0.15, -0.1) is 11.3 Å². The minimum atomic E-state index is 0.397. The van der Waals surface area contributed by atoms with E-state index >= 15 is 0 Å². The van der Waals surface area contributed by atoms with Crippen LogP contribution in [-0.2, 0) is 0 Å². The Morgan fingerprint density at radius 3 is 2.37 bits per heavy atom. The number of thiophene rings is 1. The Hall–Kier alpha value is -0.640. The molecule has 2 unspecified atom stereocenters. The van der Waals surface area contributed by atoms with E-state index < -0.39 is 0 Å². The van der Waals surface area contributed by atoms with Crippen LogP contribution in [0.2, 0.25) is 0 Å². The molecule has 1 aromatic carbocycles. The number of hydrogen-bond acceptors (Lipinski definition) is 2. The highest BCUT2D eigenvalue weighted by molar-refractivity contribution is 9.11. The van der Waals surface area contributed by atoms with Crippen molar-refractivity contribution >= 4 is 27.3 Å². The first-order chi connectivity index (χ1) is 9.26. The van der Waals surface area contributed by atoms with Crippen molar-refractivity contribution in [3.63, 3.8) is 0 Å². The minimum absolute atomic E-state index is 0.397. The lowest BCUT2D eigenvalue weighted by molar-refractivity contribution is 0.451. The maximum absolute atomic E-state index is 3.65. The second kappa shape index (κ2) is 7.22. The van der Waals surface area contributed by atoms with Gasteiger partial charge < -0.3 is 5.32 Å². The predicted octanol–water partition coefficient (Wildman–Crippen LogP) is 5.36. The number of rotatable bonds is 6. The van der Waals surface area contributed by atoms with Crippen molar-refractivity contribution in [2.45, 2.75) is 32.2 Å². The van der Waals surface area contributed by atoms with E-state index in [0.29, 0.717) is 12.0 Å². The number of nitrogens with one attached hydrogen (secondary N) is 1. The molecule has 1 aromatic heterocycles. The smallest absolute Gasteiger partial charge is 0.0701 e. The van der Waals surface area contributed by atoms with E-state index in [2.05, 4.69) is 77.6 Å². The summed E-state index contributed by atoms with van der Waals surface area (Å²) in [5.41, 5.74) is 1.42. The molecule has 1 N–H and O–H groups in total. The summed E-state index contributed by atoms with van der Waals surface area (Å²) in [5, 5.41) is 3.65. The van der Waals surface area contributed by atoms with E-state index in [1.165, 1.54) is 14.2 Å². The Kier molecular flexibility index (Phi) is 5.61. The predicted molar refractivity (Wildman–Crippen MR) is 87.9 cm³/mol. The van der Waals surface area contributed by atoms with Crippen LogP contribution in [0.1, 0.15) is 42.7 Å². The van der Waals surface area contributed by atoms with Crippen molar-refractivity contribution in [3.8, 4) is 0 Å².